The molecule has 1 aromatic heterocycles. The van der Waals surface area contributed by atoms with Gasteiger partial charge in [0.2, 0.25) is 5.95 Å². The number of hydrogen-bond donors (Lipinski definition) is 1. The number of nitrogens with zero attached hydrogens (tertiary/aromatic N) is 3. The summed E-state index contributed by atoms with van der Waals surface area (Å²) in [5.74, 6) is 0.987. The maximum Gasteiger partial charge on any atom is 0.210 e. The van der Waals surface area contributed by atoms with Crippen molar-refractivity contribution < 1.29 is 4.74 Å². The Bertz CT molecular complexity index is 702. The lowest BCUT2D eigenvalue weighted by molar-refractivity contribution is 0.122. The van der Waals surface area contributed by atoms with Crippen molar-refractivity contribution in [2.45, 2.75) is 6.54 Å². The fraction of sp³-hybridized carbons (Fsp3) is 0.312. The second kappa shape index (κ2) is 5.66. The van der Waals surface area contributed by atoms with E-state index in [0.717, 1.165) is 55.1 Å². The van der Waals surface area contributed by atoms with Crippen LogP contribution in [0.5, 0.6) is 0 Å². The van der Waals surface area contributed by atoms with Gasteiger partial charge in [-0.2, -0.15) is 0 Å². The number of anilines is 1. The third kappa shape index (κ3) is 2.36. The van der Waals surface area contributed by atoms with Gasteiger partial charge >= 0.3 is 0 Å². The van der Waals surface area contributed by atoms with Gasteiger partial charge in [-0.1, -0.05) is 23.7 Å². The van der Waals surface area contributed by atoms with Crippen LogP contribution in [0.2, 0.25) is 5.02 Å². The molecule has 0 radical (unpaired) electrons. The molecule has 3 heterocycles. The van der Waals surface area contributed by atoms with Crippen LogP contribution in [0.15, 0.2) is 30.5 Å². The van der Waals surface area contributed by atoms with E-state index >= 15 is 0 Å². The van der Waals surface area contributed by atoms with Crippen molar-refractivity contribution in [2.24, 2.45) is 0 Å². The number of halogens is 1. The van der Waals surface area contributed by atoms with E-state index in [1.54, 1.807) is 0 Å². The monoisotopic (exact) mass is 316 g/mol. The van der Waals surface area contributed by atoms with E-state index < -0.39 is 0 Å². The molecule has 114 valence electrons. The Morgan fingerprint density at radius 1 is 1.14 bits per heavy atom. The molecule has 1 fully saturated rings. The van der Waals surface area contributed by atoms with Crippen molar-refractivity contribution in [3.8, 4) is 11.3 Å². The lowest BCUT2D eigenvalue weighted by Crippen LogP contribution is -2.38. The maximum atomic E-state index is 6.00. The molecule has 0 spiro atoms. The molecule has 2 aromatic rings. The summed E-state index contributed by atoms with van der Waals surface area (Å²) < 4.78 is 7.62. The minimum Gasteiger partial charge on any atom is -0.384 e. The van der Waals surface area contributed by atoms with E-state index in [1.807, 2.05) is 36.7 Å². The quantitative estimate of drug-likeness (QED) is 0.924. The topological polar surface area (TPSA) is 42.3 Å². The van der Waals surface area contributed by atoms with Crippen molar-refractivity contribution in [1.82, 2.24) is 14.9 Å². The summed E-state index contributed by atoms with van der Waals surface area (Å²) in [6.07, 6.45) is 4.00. The zero-order chi connectivity index (χ0) is 14.9. The molecular weight excluding hydrogens is 300 g/mol. The molecule has 1 aromatic carbocycles. The van der Waals surface area contributed by atoms with Gasteiger partial charge in [-0.15, -0.1) is 0 Å². The van der Waals surface area contributed by atoms with Crippen LogP contribution >= 0.6 is 11.6 Å². The van der Waals surface area contributed by atoms with Gasteiger partial charge in [-0.25, -0.2) is 4.98 Å². The normalized spacial score (nSPS) is 17.2. The summed E-state index contributed by atoms with van der Waals surface area (Å²) in [7, 11) is 0. The highest BCUT2D eigenvalue weighted by atomic mass is 35.5. The Hall–Kier alpha value is -1.98. The summed E-state index contributed by atoms with van der Waals surface area (Å²) in [6.45, 7) is 4.02. The molecule has 2 aliphatic heterocycles. The number of aromatic nitrogens is 2. The molecule has 6 heteroatoms. The Labute approximate surface area is 134 Å². The molecular formula is C16H17ClN4O. The van der Waals surface area contributed by atoms with E-state index in [-0.39, 0.29) is 0 Å². The minimum absolute atomic E-state index is 0.739. The summed E-state index contributed by atoms with van der Waals surface area (Å²) in [5, 5.41) is 4.01. The van der Waals surface area contributed by atoms with Gasteiger partial charge in [-0.3, -0.25) is 4.57 Å². The van der Waals surface area contributed by atoms with Crippen LogP contribution in [-0.2, 0) is 11.3 Å². The van der Waals surface area contributed by atoms with Crippen LogP contribution in [-0.4, -0.2) is 35.9 Å². The summed E-state index contributed by atoms with van der Waals surface area (Å²) in [5.41, 5.74) is 3.27. The predicted molar refractivity (Wildman–Crippen MR) is 87.9 cm³/mol. The number of fused-ring (bicyclic) bond motifs is 1. The molecule has 0 aliphatic carbocycles. The Kier molecular flexibility index (Phi) is 3.52. The lowest BCUT2D eigenvalue weighted by atomic mass is 10.1. The standard InChI is InChI=1S/C16H17ClN4O/c17-13-3-1-12(2-4-13)15-14-11-18-5-6-21(14)16(19-15)20-7-9-22-10-8-20/h1-6,18H,7-11H2. The van der Waals surface area contributed by atoms with E-state index in [9.17, 15) is 0 Å². The van der Waals surface area contributed by atoms with Gasteiger partial charge in [-0.05, 0) is 12.1 Å². The van der Waals surface area contributed by atoms with E-state index in [1.165, 1.54) is 5.69 Å². The summed E-state index contributed by atoms with van der Waals surface area (Å²) >= 11 is 6.00. The highest BCUT2D eigenvalue weighted by Gasteiger charge is 2.23. The average molecular weight is 317 g/mol. The molecule has 5 nitrogen and oxygen atoms in total. The zero-order valence-corrected chi connectivity index (χ0v) is 12.9. The minimum atomic E-state index is 0.739. The SMILES string of the molecule is Clc1ccc(-c2nc(N3CCOCC3)n3c2CNC=C3)cc1. The molecule has 0 saturated carbocycles. The third-order valence-corrected chi connectivity index (χ3v) is 4.27. The number of benzene rings is 1. The average Bonchev–Trinajstić information content (AvgIpc) is 2.96. The molecule has 4 rings (SSSR count). The summed E-state index contributed by atoms with van der Waals surface area (Å²) in [6, 6.07) is 7.85. The predicted octanol–water partition coefficient (Wildman–Crippen LogP) is 2.57. The van der Waals surface area contributed by atoms with E-state index in [0.29, 0.717) is 0 Å². The molecule has 2 aliphatic rings. The van der Waals surface area contributed by atoms with Crippen LogP contribution in [0.4, 0.5) is 5.95 Å². The summed E-state index contributed by atoms with van der Waals surface area (Å²) in [4.78, 5) is 7.19. The van der Waals surface area contributed by atoms with Crippen molar-refractivity contribution in [1.29, 1.82) is 0 Å². The van der Waals surface area contributed by atoms with Gasteiger partial charge in [0.25, 0.3) is 0 Å². The van der Waals surface area contributed by atoms with Crippen LogP contribution in [0.1, 0.15) is 5.69 Å². The third-order valence-electron chi connectivity index (χ3n) is 4.01. The molecule has 22 heavy (non-hydrogen) atoms. The lowest BCUT2D eigenvalue weighted by Gasteiger charge is -2.28. The van der Waals surface area contributed by atoms with E-state index in [2.05, 4.69) is 14.8 Å². The highest BCUT2D eigenvalue weighted by Crippen LogP contribution is 2.31. The largest absolute Gasteiger partial charge is 0.384 e. The van der Waals surface area contributed by atoms with Crippen molar-refractivity contribution in [3.63, 3.8) is 0 Å². The first-order valence-corrected chi connectivity index (χ1v) is 7.80. The van der Waals surface area contributed by atoms with Crippen LogP contribution in [0.25, 0.3) is 17.5 Å². The first-order valence-electron chi connectivity index (χ1n) is 7.43. The highest BCUT2D eigenvalue weighted by molar-refractivity contribution is 6.30. The molecule has 0 unspecified atom stereocenters. The zero-order valence-electron chi connectivity index (χ0n) is 12.1. The van der Waals surface area contributed by atoms with Gasteiger partial charge in [0.1, 0.15) is 0 Å². The van der Waals surface area contributed by atoms with Crippen molar-refractivity contribution in [2.75, 3.05) is 31.2 Å². The Morgan fingerprint density at radius 2 is 1.91 bits per heavy atom. The van der Waals surface area contributed by atoms with Crippen LogP contribution in [0, 0.1) is 0 Å². The van der Waals surface area contributed by atoms with Gasteiger partial charge in [0.05, 0.1) is 31.1 Å². The number of imidazole rings is 1. The van der Waals surface area contributed by atoms with Gasteiger partial charge in [0.15, 0.2) is 0 Å². The van der Waals surface area contributed by atoms with Crippen LogP contribution < -0.4 is 10.2 Å². The number of hydrogen-bond acceptors (Lipinski definition) is 4. The molecule has 1 saturated heterocycles. The second-order valence-corrected chi connectivity index (χ2v) is 5.82. The molecule has 0 bridgehead atoms. The van der Waals surface area contributed by atoms with Gasteiger partial charge in [0, 0.05) is 36.1 Å². The number of morpholine rings is 1. The Balaban J connectivity index is 1.80. The smallest absolute Gasteiger partial charge is 0.210 e. The maximum absolute atomic E-state index is 6.00. The van der Waals surface area contributed by atoms with Crippen molar-refractivity contribution in [3.05, 3.63) is 41.2 Å². The fourth-order valence-corrected chi connectivity index (χ4v) is 3.01. The molecule has 0 amide bonds. The van der Waals surface area contributed by atoms with E-state index in [4.69, 9.17) is 21.3 Å². The first kappa shape index (κ1) is 13.7. The van der Waals surface area contributed by atoms with Gasteiger partial charge < -0.3 is 15.0 Å². The first-order chi connectivity index (χ1) is 10.8. The number of rotatable bonds is 2. The van der Waals surface area contributed by atoms with Crippen LogP contribution in [0.3, 0.4) is 0 Å². The molecule has 1 N–H and O–H groups in total. The van der Waals surface area contributed by atoms with Crippen molar-refractivity contribution >= 4 is 23.7 Å². The fourth-order valence-electron chi connectivity index (χ4n) is 2.89. The Morgan fingerprint density at radius 3 is 2.68 bits per heavy atom. The second-order valence-electron chi connectivity index (χ2n) is 5.38. The number of nitrogens with one attached hydrogen (secondary N) is 1. The molecule has 0 atom stereocenters. The number of ether oxygens (including phenoxy) is 1.